The molecule has 5 rings (SSSR count). The molecule has 0 atom stereocenters. The van der Waals surface area contributed by atoms with Gasteiger partial charge in [-0.25, -0.2) is 0 Å². The van der Waals surface area contributed by atoms with Crippen LogP contribution in [0.15, 0.2) is 66.7 Å². The molecule has 0 bridgehead atoms. The number of benzene rings is 4. The number of hydrogen-bond acceptors (Lipinski definition) is 1. The zero-order chi connectivity index (χ0) is 20.1. The number of carbonyl (C=O) groups is 1. The van der Waals surface area contributed by atoms with E-state index in [1.807, 2.05) is 24.3 Å². The average Bonchev–Trinajstić information content (AvgIpc) is 3.05. The third-order valence-corrected chi connectivity index (χ3v) is 5.94. The second-order valence-corrected chi connectivity index (χ2v) is 7.69. The van der Waals surface area contributed by atoms with Crippen molar-refractivity contribution in [1.82, 2.24) is 4.57 Å². The minimum absolute atomic E-state index is 0.454. The summed E-state index contributed by atoms with van der Waals surface area (Å²) in [4.78, 5) is 12.1. The van der Waals surface area contributed by atoms with Gasteiger partial charge in [0.1, 0.15) is 0 Å². The van der Waals surface area contributed by atoms with Gasteiger partial charge < -0.3 is 10.3 Å². The molecule has 0 spiro atoms. The van der Waals surface area contributed by atoms with Crippen LogP contribution in [0.25, 0.3) is 32.6 Å². The normalized spacial score (nSPS) is 11.5. The summed E-state index contributed by atoms with van der Waals surface area (Å²) in [6.07, 6.45) is 0. The molecular weight excluding hydrogens is 380 g/mol. The fraction of sp³-hybridized carbons (Fsp3) is 0.0800. The van der Waals surface area contributed by atoms with Gasteiger partial charge >= 0.3 is 0 Å². The third kappa shape index (κ3) is 2.70. The number of hydrogen-bond donors (Lipinski definition) is 1. The van der Waals surface area contributed by atoms with E-state index in [2.05, 4.69) is 47.9 Å². The van der Waals surface area contributed by atoms with E-state index in [0.717, 1.165) is 21.8 Å². The molecule has 4 heteroatoms. The van der Waals surface area contributed by atoms with Crippen molar-refractivity contribution in [2.24, 2.45) is 5.73 Å². The molecule has 0 aliphatic rings. The summed E-state index contributed by atoms with van der Waals surface area (Å²) in [6.45, 7) is 2.76. The van der Waals surface area contributed by atoms with Crippen LogP contribution >= 0.6 is 11.6 Å². The highest BCUT2D eigenvalue weighted by Gasteiger charge is 2.19. The lowest BCUT2D eigenvalue weighted by Crippen LogP contribution is -2.11. The highest BCUT2D eigenvalue weighted by Crippen LogP contribution is 2.36. The molecule has 4 aromatic carbocycles. The van der Waals surface area contributed by atoms with Gasteiger partial charge in [0.2, 0.25) is 5.91 Å². The number of aromatic nitrogens is 1. The van der Waals surface area contributed by atoms with E-state index < -0.39 is 5.91 Å². The maximum atomic E-state index is 12.1. The number of nitrogens with two attached hydrogens (primary N) is 1. The van der Waals surface area contributed by atoms with Crippen molar-refractivity contribution in [3.63, 3.8) is 0 Å². The van der Waals surface area contributed by atoms with Gasteiger partial charge in [-0.2, -0.15) is 0 Å². The number of carbonyl (C=O) groups excluding carboxylic acids is 1. The first-order valence-electron chi connectivity index (χ1n) is 9.44. The molecule has 2 N–H and O–H groups in total. The van der Waals surface area contributed by atoms with Gasteiger partial charge in [0, 0.05) is 22.9 Å². The van der Waals surface area contributed by atoms with Crippen LogP contribution in [0.1, 0.15) is 21.5 Å². The smallest absolute Gasteiger partial charge is 0.249 e. The maximum Gasteiger partial charge on any atom is 0.249 e. The average molecular weight is 398 g/mol. The lowest BCUT2D eigenvalue weighted by molar-refractivity contribution is 0.100. The number of amides is 1. The monoisotopic (exact) mass is 397 g/mol. The summed E-state index contributed by atoms with van der Waals surface area (Å²) >= 11 is 6.63. The van der Waals surface area contributed by atoms with Crippen LogP contribution in [-0.2, 0) is 6.54 Å². The Bertz CT molecular complexity index is 1430. The van der Waals surface area contributed by atoms with Crippen LogP contribution in [0.2, 0.25) is 5.02 Å². The summed E-state index contributed by atoms with van der Waals surface area (Å²) in [5.41, 5.74) is 10.4. The number of nitrogens with zero attached hydrogens (tertiary/aromatic N) is 1. The van der Waals surface area contributed by atoms with Gasteiger partial charge in [-0.15, -0.1) is 0 Å². The van der Waals surface area contributed by atoms with Crippen molar-refractivity contribution in [1.29, 1.82) is 0 Å². The Balaban J connectivity index is 1.88. The number of fused-ring (bicyclic) bond motifs is 4. The van der Waals surface area contributed by atoms with Gasteiger partial charge in [0.25, 0.3) is 0 Å². The maximum absolute atomic E-state index is 12.1. The lowest BCUT2D eigenvalue weighted by atomic mass is 9.99. The molecule has 1 amide bonds. The fourth-order valence-corrected chi connectivity index (χ4v) is 4.51. The van der Waals surface area contributed by atoms with E-state index in [0.29, 0.717) is 17.1 Å². The van der Waals surface area contributed by atoms with Gasteiger partial charge in [0.05, 0.1) is 16.1 Å². The Labute approximate surface area is 173 Å². The van der Waals surface area contributed by atoms with Crippen LogP contribution < -0.4 is 5.73 Å². The third-order valence-electron chi connectivity index (χ3n) is 5.63. The Hall–Kier alpha value is -3.30. The lowest BCUT2D eigenvalue weighted by Gasteiger charge is -2.14. The number of aryl methyl sites for hydroxylation is 1. The van der Waals surface area contributed by atoms with Gasteiger partial charge in [-0.05, 0) is 53.1 Å². The summed E-state index contributed by atoms with van der Waals surface area (Å²) in [6, 6.07) is 25.2. The van der Waals surface area contributed by atoms with Crippen molar-refractivity contribution < 1.29 is 4.79 Å². The van der Waals surface area contributed by atoms with Crippen LogP contribution in [0, 0.1) is 13.0 Å². The summed E-state index contributed by atoms with van der Waals surface area (Å²) in [5.74, 6) is -0.454. The molecule has 0 fully saturated rings. The molecular formula is C25H18ClN2O. The molecule has 29 heavy (non-hydrogen) atoms. The van der Waals surface area contributed by atoms with Crippen LogP contribution in [0.4, 0.5) is 0 Å². The zero-order valence-electron chi connectivity index (χ0n) is 15.9. The van der Waals surface area contributed by atoms with Gasteiger partial charge in [0.15, 0.2) is 0 Å². The fourth-order valence-electron chi connectivity index (χ4n) is 4.25. The highest BCUT2D eigenvalue weighted by molar-refractivity contribution is 6.36. The second-order valence-electron chi connectivity index (χ2n) is 7.28. The molecule has 1 heterocycles. The summed E-state index contributed by atoms with van der Waals surface area (Å²) in [7, 11) is 0. The predicted molar refractivity (Wildman–Crippen MR) is 120 cm³/mol. The minimum atomic E-state index is -0.454. The number of rotatable bonds is 3. The Morgan fingerprint density at radius 3 is 2.72 bits per heavy atom. The molecule has 141 valence electrons. The first-order chi connectivity index (χ1) is 14.1. The molecule has 0 unspecified atom stereocenters. The largest absolute Gasteiger partial charge is 0.366 e. The Morgan fingerprint density at radius 1 is 1.07 bits per heavy atom. The summed E-state index contributed by atoms with van der Waals surface area (Å²) < 4.78 is 2.17. The van der Waals surface area contributed by atoms with E-state index in [1.54, 1.807) is 12.1 Å². The number of halogens is 1. The first kappa shape index (κ1) is 17.8. The van der Waals surface area contributed by atoms with Gasteiger partial charge in [-0.3, -0.25) is 4.79 Å². The molecule has 3 nitrogen and oxygen atoms in total. The predicted octanol–water partition coefficient (Wildman–Crippen LogP) is 5.86. The molecule has 5 aromatic rings. The molecule has 0 saturated carbocycles. The van der Waals surface area contributed by atoms with E-state index in [9.17, 15) is 4.79 Å². The minimum Gasteiger partial charge on any atom is -0.366 e. The van der Waals surface area contributed by atoms with Crippen molar-refractivity contribution in [2.75, 3.05) is 0 Å². The van der Waals surface area contributed by atoms with Crippen LogP contribution in [0.5, 0.6) is 0 Å². The molecule has 0 saturated heterocycles. The number of primary amides is 1. The van der Waals surface area contributed by atoms with Gasteiger partial charge in [-0.1, -0.05) is 60.1 Å². The van der Waals surface area contributed by atoms with Crippen LogP contribution in [-0.4, -0.2) is 10.5 Å². The molecule has 1 radical (unpaired) electrons. The Morgan fingerprint density at radius 2 is 1.90 bits per heavy atom. The second kappa shape index (κ2) is 6.64. The SMILES string of the molecule is Cc1ccc2ccccc2c1Cn1c2cccc(C(N)=O)c2c2[c]ccc(Cl)c21. The van der Waals surface area contributed by atoms with Crippen molar-refractivity contribution in [3.05, 3.63) is 94.5 Å². The zero-order valence-corrected chi connectivity index (χ0v) is 16.6. The van der Waals surface area contributed by atoms with Crippen LogP contribution in [0.3, 0.4) is 0 Å². The quantitative estimate of drug-likeness (QED) is 0.407. The standard InChI is InChI=1S/C25H18ClN2O/c1-15-12-13-16-6-2-3-7-17(16)20(15)14-28-22-11-5-9-19(25(27)29)23(22)18-8-4-10-21(26)24(18)28/h2-7,9-13H,14H2,1H3,(H2,27,29). The van der Waals surface area contributed by atoms with Crippen molar-refractivity contribution in [2.45, 2.75) is 13.5 Å². The van der Waals surface area contributed by atoms with E-state index in [1.165, 1.54) is 21.9 Å². The summed E-state index contributed by atoms with van der Waals surface area (Å²) in [5, 5.41) is 4.66. The van der Waals surface area contributed by atoms with E-state index >= 15 is 0 Å². The van der Waals surface area contributed by atoms with Crippen molar-refractivity contribution >= 4 is 50.1 Å². The Kier molecular flexibility index (Phi) is 4.07. The van der Waals surface area contributed by atoms with E-state index in [4.69, 9.17) is 17.3 Å². The van der Waals surface area contributed by atoms with Crippen molar-refractivity contribution in [3.8, 4) is 0 Å². The molecule has 0 aliphatic carbocycles. The molecule has 0 aliphatic heterocycles. The molecule has 1 aromatic heterocycles. The topological polar surface area (TPSA) is 48.0 Å². The van der Waals surface area contributed by atoms with E-state index in [-0.39, 0.29) is 0 Å². The highest BCUT2D eigenvalue weighted by atomic mass is 35.5. The first-order valence-corrected chi connectivity index (χ1v) is 9.82.